The van der Waals surface area contributed by atoms with Crippen LogP contribution in [-0.2, 0) is 23.2 Å². The molecule has 14 heteroatoms. The van der Waals surface area contributed by atoms with E-state index in [1.807, 2.05) is 0 Å². The number of alkyl halides is 3. The van der Waals surface area contributed by atoms with E-state index >= 15 is 0 Å². The van der Waals surface area contributed by atoms with Crippen molar-refractivity contribution >= 4 is 26.9 Å². The molecule has 0 amide bonds. The number of aromatic amines is 2. The molecule has 1 aromatic carbocycles. The number of fused-ring (bicyclic) bond motifs is 1. The van der Waals surface area contributed by atoms with Crippen molar-refractivity contribution in [1.82, 2.24) is 24.7 Å². The maximum atomic E-state index is 12.8. The molecule has 0 unspecified atom stereocenters. The zero-order chi connectivity index (χ0) is 22.4. The Kier molecular flexibility index (Phi) is 4.72. The fourth-order valence-corrected chi connectivity index (χ4v) is 3.97. The number of pyridine rings is 1. The van der Waals surface area contributed by atoms with Crippen molar-refractivity contribution in [3.05, 3.63) is 58.8 Å². The molecule has 0 radical (unpaired) electrons. The number of anilines is 1. The van der Waals surface area contributed by atoms with Crippen molar-refractivity contribution in [3.63, 3.8) is 0 Å². The lowest BCUT2D eigenvalue weighted by atomic mass is 10.3. The number of hydrogen-bond acceptors (Lipinski definition) is 6. The number of nitrogens with one attached hydrogen (secondary N) is 3. The third-order valence-electron chi connectivity index (χ3n) is 4.12. The summed E-state index contributed by atoms with van der Waals surface area (Å²) >= 11 is 0. The van der Waals surface area contributed by atoms with E-state index in [-0.39, 0.29) is 5.69 Å². The van der Waals surface area contributed by atoms with Crippen LogP contribution in [-0.4, -0.2) is 33.2 Å². The zero-order valence-electron chi connectivity index (χ0n) is 15.6. The van der Waals surface area contributed by atoms with Crippen LogP contribution in [0.4, 0.5) is 18.9 Å². The van der Waals surface area contributed by atoms with Gasteiger partial charge >= 0.3 is 11.9 Å². The van der Waals surface area contributed by atoms with Gasteiger partial charge in [-0.2, -0.15) is 26.7 Å². The molecule has 0 aliphatic carbocycles. The summed E-state index contributed by atoms with van der Waals surface area (Å²) in [6.07, 6.45) is -3.33. The average Bonchev–Trinajstić information content (AvgIpc) is 3.26. The summed E-state index contributed by atoms with van der Waals surface area (Å²) in [6.45, 7) is 0. The number of H-pyrrole nitrogens is 2. The van der Waals surface area contributed by atoms with Gasteiger partial charge in [-0.3, -0.25) is 14.4 Å². The van der Waals surface area contributed by atoms with E-state index in [4.69, 9.17) is 4.74 Å². The molecular formula is C17H13F3N6O4S. The van der Waals surface area contributed by atoms with E-state index in [1.54, 1.807) is 0 Å². The summed E-state index contributed by atoms with van der Waals surface area (Å²) in [5, 5.41) is 2.55. The van der Waals surface area contributed by atoms with Crippen LogP contribution in [0.3, 0.4) is 0 Å². The number of rotatable bonds is 5. The number of hydrogen-bond donors (Lipinski definition) is 3. The van der Waals surface area contributed by atoms with Gasteiger partial charge in [0, 0.05) is 31.1 Å². The summed E-state index contributed by atoms with van der Waals surface area (Å²) in [4.78, 5) is 20.5. The predicted octanol–water partition coefficient (Wildman–Crippen LogP) is 2.60. The predicted molar refractivity (Wildman–Crippen MR) is 102 cm³/mol. The van der Waals surface area contributed by atoms with E-state index in [0.717, 1.165) is 7.05 Å². The molecule has 4 aromatic rings. The van der Waals surface area contributed by atoms with E-state index < -0.39 is 32.6 Å². The van der Waals surface area contributed by atoms with Crippen LogP contribution in [0.2, 0.25) is 0 Å². The Labute approximate surface area is 171 Å². The molecule has 0 spiro atoms. The van der Waals surface area contributed by atoms with E-state index in [9.17, 15) is 26.4 Å². The van der Waals surface area contributed by atoms with Gasteiger partial charge in [0.15, 0.2) is 22.1 Å². The van der Waals surface area contributed by atoms with Crippen LogP contribution in [0.1, 0.15) is 5.69 Å². The fraction of sp³-hybridized carbons (Fsp3) is 0.118. The summed E-state index contributed by atoms with van der Waals surface area (Å²) in [6, 6.07) is 7.60. The number of sulfonamides is 1. The highest BCUT2D eigenvalue weighted by Crippen LogP contribution is 2.31. The number of nitrogens with zero attached hydrogens (tertiary/aromatic N) is 3. The second-order valence-corrected chi connectivity index (χ2v) is 7.96. The van der Waals surface area contributed by atoms with Crippen LogP contribution in [0, 0.1) is 0 Å². The van der Waals surface area contributed by atoms with Gasteiger partial charge in [0.1, 0.15) is 11.3 Å². The van der Waals surface area contributed by atoms with Crippen molar-refractivity contribution in [1.29, 1.82) is 0 Å². The Morgan fingerprint density at radius 1 is 1.13 bits per heavy atom. The van der Waals surface area contributed by atoms with Gasteiger partial charge < -0.3 is 9.72 Å². The first-order chi connectivity index (χ1) is 14.5. The minimum absolute atomic E-state index is 0.0945. The molecule has 3 aromatic heterocycles. The summed E-state index contributed by atoms with van der Waals surface area (Å²) in [5.74, 6) is 0.628. The van der Waals surface area contributed by atoms with Gasteiger partial charge in [-0.25, -0.2) is 9.78 Å². The third-order valence-corrected chi connectivity index (χ3v) is 5.56. The minimum atomic E-state index is -4.77. The first kappa shape index (κ1) is 20.5. The summed E-state index contributed by atoms with van der Waals surface area (Å²) < 4.78 is 71.8. The smallest absolute Gasteiger partial charge is 0.435 e. The monoisotopic (exact) mass is 454 g/mol. The van der Waals surface area contributed by atoms with Crippen LogP contribution in [0.25, 0.3) is 11.2 Å². The fourth-order valence-electron chi connectivity index (χ4n) is 2.76. The molecule has 3 N–H and O–H groups in total. The van der Waals surface area contributed by atoms with Gasteiger partial charge in [-0.05, 0) is 24.3 Å². The number of ether oxygens (including phenoxy) is 1. The Hall–Kier alpha value is -3.81. The maximum absolute atomic E-state index is 12.8. The standard InChI is InChI=1S/C17H13F3N6O4S/c1-26-13(8-12(24-26)17(18,19)20)31(28,29)25-9-2-4-10(5-3-9)30-11-6-7-21-15-14(11)22-16(27)23-15/h2-8,25H,1H3,(H2,21,22,23,27). The molecule has 0 saturated heterocycles. The molecule has 0 bridgehead atoms. The second kappa shape index (κ2) is 7.16. The first-order valence-corrected chi connectivity index (χ1v) is 10.0. The highest BCUT2D eigenvalue weighted by Gasteiger charge is 2.36. The second-order valence-electron chi connectivity index (χ2n) is 6.33. The molecular weight excluding hydrogens is 441 g/mol. The molecule has 31 heavy (non-hydrogen) atoms. The van der Waals surface area contributed by atoms with E-state index in [0.29, 0.717) is 33.4 Å². The van der Waals surface area contributed by atoms with Crippen molar-refractivity contribution in [2.24, 2.45) is 7.05 Å². The molecule has 0 aliphatic rings. The van der Waals surface area contributed by atoms with Crippen LogP contribution in [0.5, 0.6) is 11.5 Å². The Morgan fingerprint density at radius 3 is 2.48 bits per heavy atom. The molecule has 10 nitrogen and oxygen atoms in total. The van der Waals surface area contributed by atoms with E-state index in [2.05, 4.69) is 24.8 Å². The van der Waals surface area contributed by atoms with Gasteiger partial charge in [0.2, 0.25) is 0 Å². The van der Waals surface area contributed by atoms with Crippen molar-refractivity contribution in [2.45, 2.75) is 11.2 Å². The van der Waals surface area contributed by atoms with Crippen molar-refractivity contribution < 1.29 is 26.3 Å². The zero-order valence-corrected chi connectivity index (χ0v) is 16.4. The van der Waals surface area contributed by atoms with Gasteiger partial charge in [-0.15, -0.1) is 0 Å². The lowest BCUT2D eigenvalue weighted by molar-refractivity contribution is -0.141. The Morgan fingerprint density at radius 2 is 1.84 bits per heavy atom. The van der Waals surface area contributed by atoms with Gasteiger partial charge in [0.25, 0.3) is 10.0 Å². The minimum Gasteiger partial charge on any atom is -0.455 e. The Bertz CT molecular complexity index is 1420. The molecule has 3 heterocycles. The van der Waals surface area contributed by atoms with E-state index in [1.165, 1.54) is 36.5 Å². The highest BCUT2D eigenvalue weighted by atomic mass is 32.2. The van der Waals surface area contributed by atoms with Crippen LogP contribution < -0.4 is 15.1 Å². The lowest BCUT2D eigenvalue weighted by Gasteiger charge is -2.10. The summed E-state index contributed by atoms with van der Waals surface area (Å²) in [7, 11) is -3.22. The van der Waals surface area contributed by atoms with Crippen molar-refractivity contribution in [2.75, 3.05) is 4.72 Å². The SMILES string of the molecule is Cn1nc(C(F)(F)F)cc1S(=O)(=O)Nc1ccc(Oc2ccnc3[nH]c(=O)[nH]c23)cc1. The number of aryl methyl sites for hydroxylation is 1. The molecule has 0 atom stereocenters. The molecule has 0 aliphatic heterocycles. The number of halogens is 3. The topological polar surface area (TPSA) is 135 Å². The van der Waals surface area contributed by atoms with Gasteiger partial charge in [0.05, 0.1) is 0 Å². The summed E-state index contributed by atoms with van der Waals surface area (Å²) in [5.41, 5.74) is -1.01. The third kappa shape index (κ3) is 4.09. The lowest BCUT2D eigenvalue weighted by Crippen LogP contribution is -2.16. The average molecular weight is 454 g/mol. The molecule has 0 fully saturated rings. The van der Waals surface area contributed by atoms with Crippen LogP contribution >= 0.6 is 0 Å². The Balaban J connectivity index is 1.54. The van der Waals surface area contributed by atoms with Crippen molar-refractivity contribution in [3.8, 4) is 11.5 Å². The maximum Gasteiger partial charge on any atom is 0.435 e. The normalized spacial score (nSPS) is 12.3. The van der Waals surface area contributed by atoms with Gasteiger partial charge in [-0.1, -0.05) is 0 Å². The van der Waals surface area contributed by atoms with Crippen LogP contribution in [0.15, 0.2) is 52.4 Å². The number of aromatic nitrogens is 5. The molecule has 4 rings (SSSR count). The number of benzene rings is 1. The first-order valence-electron chi connectivity index (χ1n) is 8.52. The molecule has 0 saturated carbocycles. The highest BCUT2D eigenvalue weighted by molar-refractivity contribution is 7.92. The quantitative estimate of drug-likeness (QED) is 0.424. The molecule has 162 valence electrons. The largest absolute Gasteiger partial charge is 0.455 e. The number of imidazole rings is 1.